The zero-order valence-electron chi connectivity index (χ0n) is 6.80. The first-order valence-electron chi connectivity index (χ1n) is 4.32. The molecule has 58 valence electrons. The highest BCUT2D eigenvalue weighted by atomic mass is 16.3. The fourth-order valence-corrected chi connectivity index (χ4v) is 2.86. The molecule has 10 heavy (non-hydrogen) atoms. The van der Waals surface area contributed by atoms with Crippen LogP contribution in [0.5, 0.6) is 0 Å². The molecule has 2 fully saturated rings. The van der Waals surface area contributed by atoms with E-state index in [9.17, 15) is 5.11 Å². The summed E-state index contributed by atoms with van der Waals surface area (Å²) in [4.78, 5) is 0. The van der Waals surface area contributed by atoms with E-state index in [0.29, 0.717) is 0 Å². The molecule has 0 radical (unpaired) electrons. The minimum Gasteiger partial charge on any atom is -0.393 e. The largest absolute Gasteiger partial charge is 0.393 e. The molecule has 1 N–H and O–H groups in total. The van der Waals surface area contributed by atoms with Gasteiger partial charge < -0.3 is 5.11 Å². The van der Waals surface area contributed by atoms with Crippen LogP contribution < -0.4 is 0 Å². The normalized spacial score (nSPS) is 59.7. The van der Waals surface area contributed by atoms with E-state index in [1.807, 2.05) is 0 Å². The predicted octanol–water partition coefficient (Wildman–Crippen LogP) is 1.80. The lowest BCUT2D eigenvalue weighted by molar-refractivity contribution is 0.0400. The van der Waals surface area contributed by atoms with Gasteiger partial charge in [-0.3, -0.25) is 0 Å². The van der Waals surface area contributed by atoms with Crippen molar-refractivity contribution in [3.63, 3.8) is 0 Å². The van der Waals surface area contributed by atoms with E-state index < -0.39 is 0 Å². The molecule has 2 rings (SSSR count). The van der Waals surface area contributed by atoms with E-state index in [-0.39, 0.29) is 11.5 Å². The van der Waals surface area contributed by atoms with Crippen LogP contribution in [0, 0.1) is 17.3 Å². The lowest BCUT2D eigenvalue weighted by Gasteiger charge is -2.29. The van der Waals surface area contributed by atoms with Crippen LogP contribution in [-0.2, 0) is 0 Å². The first-order chi connectivity index (χ1) is 4.64. The van der Waals surface area contributed by atoms with Crippen LogP contribution in [-0.4, -0.2) is 11.2 Å². The number of fused-ring (bicyclic) bond motifs is 2. The van der Waals surface area contributed by atoms with Gasteiger partial charge in [0.15, 0.2) is 0 Å². The lowest BCUT2D eigenvalue weighted by atomic mass is 9.80. The molecular formula is C9H16O. The Hall–Kier alpha value is -0.0400. The zero-order valence-corrected chi connectivity index (χ0v) is 6.80. The fourth-order valence-electron chi connectivity index (χ4n) is 2.86. The van der Waals surface area contributed by atoms with E-state index >= 15 is 0 Å². The van der Waals surface area contributed by atoms with Crippen LogP contribution >= 0.6 is 0 Å². The van der Waals surface area contributed by atoms with Crippen molar-refractivity contribution < 1.29 is 5.11 Å². The van der Waals surface area contributed by atoms with Crippen LogP contribution in [0.2, 0.25) is 0 Å². The molecule has 0 unspecified atom stereocenters. The maximum atomic E-state index is 9.65. The summed E-state index contributed by atoms with van der Waals surface area (Å²) in [5.74, 6) is 1.60. The van der Waals surface area contributed by atoms with Gasteiger partial charge >= 0.3 is 0 Å². The van der Waals surface area contributed by atoms with Gasteiger partial charge in [-0.2, -0.15) is 0 Å². The maximum absolute atomic E-state index is 9.65. The molecule has 1 heteroatoms. The van der Waals surface area contributed by atoms with Crippen molar-refractivity contribution >= 4 is 0 Å². The van der Waals surface area contributed by atoms with Crippen LogP contribution in [0.15, 0.2) is 0 Å². The molecule has 2 aliphatic rings. The Labute approximate surface area is 62.4 Å². The number of aliphatic hydroxyl groups is 1. The Balaban J connectivity index is 2.29. The second-order valence-corrected chi connectivity index (χ2v) is 4.34. The summed E-state index contributed by atoms with van der Waals surface area (Å²) in [6.45, 7) is 4.54. The standard InChI is InChI=1S/C9H16O/c1-6-7-3-4-9(6,2)8(10)5-7/h6-8,10H,3-5H2,1-2H3/t6-,7+,8-,9+/m1/s1. The van der Waals surface area contributed by atoms with Crippen molar-refractivity contribution in [3.8, 4) is 0 Å². The molecule has 0 amide bonds. The van der Waals surface area contributed by atoms with Crippen molar-refractivity contribution in [1.82, 2.24) is 0 Å². The van der Waals surface area contributed by atoms with E-state index in [1.54, 1.807) is 0 Å². The van der Waals surface area contributed by atoms with Crippen molar-refractivity contribution in [2.75, 3.05) is 0 Å². The quantitative estimate of drug-likeness (QED) is 0.544. The van der Waals surface area contributed by atoms with Gasteiger partial charge in [0, 0.05) is 0 Å². The average molecular weight is 140 g/mol. The molecule has 0 heterocycles. The smallest absolute Gasteiger partial charge is 0.0599 e. The van der Waals surface area contributed by atoms with Gasteiger partial charge in [-0.05, 0) is 36.5 Å². The van der Waals surface area contributed by atoms with Crippen molar-refractivity contribution in [2.24, 2.45) is 17.3 Å². The molecule has 0 spiro atoms. The van der Waals surface area contributed by atoms with Gasteiger partial charge in [0.1, 0.15) is 0 Å². The number of hydrogen-bond donors (Lipinski definition) is 1. The van der Waals surface area contributed by atoms with Crippen LogP contribution in [0.1, 0.15) is 33.1 Å². The van der Waals surface area contributed by atoms with Crippen LogP contribution in [0.3, 0.4) is 0 Å². The molecule has 0 saturated heterocycles. The average Bonchev–Trinajstić information content (AvgIpc) is 2.25. The van der Waals surface area contributed by atoms with Gasteiger partial charge in [-0.25, -0.2) is 0 Å². The highest BCUT2D eigenvalue weighted by Gasteiger charge is 2.53. The molecule has 4 atom stereocenters. The Morgan fingerprint density at radius 3 is 2.40 bits per heavy atom. The summed E-state index contributed by atoms with van der Waals surface area (Å²) in [5, 5.41) is 9.65. The van der Waals surface area contributed by atoms with Gasteiger partial charge in [-0.1, -0.05) is 13.8 Å². The van der Waals surface area contributed by atoms with E-state index in [1.165, 1.54) is 12.8 Å². The van der Waals surface area contributed by atoms with Crippen molar-refractivity contribution in [1.29, 1.82) is 0 Å². The number of aliphatic hydroxyl groups excluding tert-OH is 1. The Morgan fingerprint density at radius 1 is 1.50 bits per heavy atom. The molecule has 2 saturated carbocycles. The van der Waals surface area contributed by atoms with Gasteiger partial charge in [-0.15, -0.1) is 0 Å². The Morgan fingerprint density at radius 2 is 2.20 bits per heavy atom. The highest BCUT2D eigenvalue weighted by molar-refractivity contribution is 5.03. The monoisotopic (exact) mass is 140 g/mol. The van der Waals surface area contributed by atoms with Gasteiger partial charge in [0.2, 0.25) is 0 Å². The zero-order chi connectivity index (χ0) is 7.35. The molecule has 0 aliphatic heterocycles. The first-order valence-corrected chi connectivity index (χ1v) is 4.32. The van der Waals surface area contributed by atoms with Gasteiger partial charge in [0.05, 0.1) is 6.10 Å². The summed E-state index contributed by atoms with van der Waals surface area (Å²) in [5.41, 5.74) is 0.282. The minimum atomic E-state index is 0.00116. The number of rotatable bonds is 0. The third-order valence-electron chi connectivity index (χ3n) is 4.09. The number of hydrogen-bond acceptors (Lipinski definition) is 1. The second kappa shape index (κ2) is 1.76. The van der Waals surface area contributed by atoms with Gasteiger partial charge in [0.25, 0.3) is 0 Å². The van der Waals surface area contributed by atoms with Crippen LogP contribution in [0.4, 0.5) is 0 Å². The van der Waals surface area contributed by atoms with E-state index in [2.05, 4.69) is 13.8 Å². The van der Waals surface area contributed by atoms with Crippen molar-refractivity contribution in [2.45, 2.75) is 39.2 Å². The molecule has 0 aromatic carbocycles. The minimum absolute atomic E-state index is 0.00116. The second-order valence-electron chi connectivity index (χ2n) is 4.34. The van der Waals surface area contributed by atoms with E-state index in [4.69, 9.17) is 0 Å². The molecule has 2 aliphatic carbocycles. The summed E-state index contributed by atoms with van der Waals surface area (Å²) in [6.07, 6.45) is 3.67. The molecule has 1 nitrogen and oxygen atoms in total. The molecule has 0 aromatic rings. The first kappa shape index (κ1) is 6.66. The van der Waals surface area contributed by atoms with Crippen LogP contribution in [0.25, 0.3) is 0 Å². The third kappa shape index (κ3) is 0.572. The fraction of sp³-hybridized carbons (Fsp3) is 1.00. The topological polar surface area (TPSA) is 20.2 Å². The predicted molar refractivity (Wildman–Crippen MR) is 40.6 cm³/mol. The lowest BCUT2D eigenvalue weighted by Crippen LogP contribution is -2.29. The summed E-state index contributed by atoms with van der Waals surface area (Å²) >= 11 is 0. The molecular weight excluding hydrogens is 124 g/mol. The Bertz CT molecular complexity index is 155. The van der Waals surface area contributed by atoms with Crippen molar-refractivity contribution in [3.05, 3.63) is 0 Å². The Kier molecular flexibility index (Phi) is 1.17. The SMILES string of the molecule is C[C@@H]1[C@H]2CC[C@]1(C)[C@H](O)C2. The third-order valence-corrected chi connectivity index (χ3v) is 4.09. The summed E-state index contributed by atoms with van der Waals surface area (Å²) < 4.78 is 0. The summed E-state index contributed by atoms with van der Waals surface area (Å²) in [7, 11) is 0. The molecule has 0 aromatic heterocycles. The molecule has 2 bridgehead atoms. The highest BCUT2D eigenvalue weighted by Crippen LogP contribution is 2.57. The summed E-state index contributed by atoms with van der Waals surface area (Å²) in [6, 6.07) is 0. The van der Waals surface area contributed by atoms with E-state index in [0.717, 1.165) is 18.3 Å². The maximum Gasteiger partial charge on any atom is 0.0599 e.